The number of benzene rings is 1. The second-order valence-electron chi connectivity index (χ2n) is 5.42. The molecule has 0 amide bonds. The molecule has 0 aliphatic heterocycles. The Morgan fingerprint density at radius 3 is 2.91 bits per heavy atom. The van der Waals surface area contributed by atoms with Crippen LogP contribution in [0.2, 0.25) is 0 Å². The molecule has 1 heterocycles. The number of allylic oxidation sites excluding steroid dienone is 1. The summed E-state index contributed by atoms with van der Waals surface area (Å²) < 4.78 is 19.8. The van der Waals surface area contributed by atoms with E-state index in [2.05, 4.69) is 23.5 Å². The highest BCUT2D eigenvalue weighted by Crippen LogP contribution is 2.37. The number of hydrogen-bond acceptors (Lipinski definition) is 3. The fraction of sp³-hybridized carbons (Fsp3) is 0.333. The predicted octanol–water partition coefficient (Wildman–Crippen LogP) is 4.54. The average molecular weight is 317 g/mol. The van der Waals surface area contributed by atoms with Crippen molar-refractivity contribution in [2.75, 3.05) is 13.6 Å². The van der Waals surface area contributed by atoms with E-state index >= 15 is 0 Å². The van der Waals surface area contributed by atoms with Gasteiger partial charge in [0, 0.05) is 6.42 Å². The minimum atomic E-state index is -0.132. The lowest BCUT2D eigenvalue weighted by Gasteiger charge is -2.23. The van der Waals surface area contributed by atoms with Gasteiger partial charge in [0.1, 0.15) is 11.9 Å². The minimum absolute atomic E-state index is 0.0176. The molecule has 1 aliphatic rings. The molecule has 0 fully saturated rings. The molecule has 1 aromatic carbocycles. The van der Waals surface area contributed by atoms with Gasteiger partial charge in [-0.25, -0.2) is 0 Å². The van der Waals surface area contributed by atoms with Crippen LogP contribution in [0, 0.1) is 5.13 Å². The Kier molecular flexibility index (Phi) is 4.90. The van der Waals surface area contributed by atoms with Crippen LogP contribution in [0.25, 0.3) is 5.76 Å². The molecule has 2 nitrogen and oxygen atoms in total. The number of aryl methyl sites for hydroxylation is 1. The van der Waals surface area contributed by atoms with Crippen LogP contribution in [0.5, 0.6) is 0 Å². The molecule has 0 radical (unpaired) electrons. The lowest BCUT2D eigenvalue weighted by Crippen LogP contribution is -2.14. The molecular weight excluding hydrogens is 297 g/mol. The monoisotopic (exact) mass is 317 g/mol. The van der Waals surface area contributed by atoms with Gasteiger partial charge in [0.05, 0.1) is 4.88 Å². The van der Waals surface area contributed by atoms with Crippen LogP contribution < -0.4 is 5.32 Å². The molecule has 0 spiro atoms. The highest BCUT2D eigenvalue weighted by Gasteiger charge is 2.22. The van der Waals surface area contributed by atoms with Crippen molar-refractivity contribution in [2.24, 2.45) is 0 Å². The zero-order valence-corrected chi connectivity index (χ0v) is 13.5. The number of nitrogens with one attached hydrogen (secondary N) is 1. The molecule has 4 heteroatoms. The van der Waals surface area contributed by atoms with Gasteiger partial charge in [-0.05, 0) is 49.7 Å². The maximum Gasteiger partial charge on any atom is 0.177 e. The molecule has 0 bridgehead atoms. The lowest BCUT2D eigenvalue weighted by atomic mass is 10.0. The summed E-state index contributed by atoms with van der Waals surface area (Å²) in [5, 5.41) is 3.04. The molecule has 1 aromatic heterocycles. The van der Waals surface area contributed by atoms with E-state index in [1.807, 2.05) is 25.2 Å². The normalized spacial score (nSPS) is 15.1. The number of hydrogen-bond donors (Lipinski definition) is 1. The summed E-state index contributed by atoms with van der Waals surface area (Å²) in [5.41, 5.74) is 2.23. The third kappa shape index (κ3) is 3.39. The summed E-state index contributed by atoms with van der Waals surface area (Å²) in [6, 6.07) is 11.9. The van der Waals surface area contributed by atoms with Crippen molar-refractivity contribution in [2.45, 2.75) is 25.4 Å². The maximum atomic E-state index is 13.6. The van der Waals surface area contributed by atoms with Gasteiger partial charge < -0.3 is 10.1 Å². The van der Waals surface area contributed by atoms with Gasteiger partial charge in [-0.15, -0.1) is 11.3 Å². The average Bonchev–Trinajstić information content (AvgIpc) is 2.93. The van der Waals surface area contributed by atoms with Gasteiger partial charge in [0.2, 0.25) is 0 Å². The number of rotatable bonds is 6. The first-order valence-corrected chi connectivity index (χ1v) is 8.44. The standard InChI is InChI=1S/C18H20FNOS/c1-20-11-10-15(13-6-3-2-4-7-13)21-16-9-5-8-14-12-17(19)22-18(14)16/h2-4,6-7,9,12,15,20H,5,8,10-11H2,1H3/t15-/m1/s1. The smallest absolute Gasteiger partial charge is 0.177 e. The molecular formula is C18H20FNOS. The predicted molar refractivity (Wildman–Crippen MR) is 89.4 cm³/mol. The third-order valence-corrected chi connectivity index (χ3v) is 4.82. The molecule has 0 saturated carbocycles. The van der Waals surface area contributed by atoms with Crippen LogP contribution in [0.3, 0.4) is 0 Å². The van der Waals surface area contributed by atoms with Crippen molar-refractivity contribution in [1.29, 1.82) is 0 Å². The van der Waals surface area contributed by atoms with E-state index in [0.29, 0.717) is 0 Å². The minimum Gasteiger partial charge on any atom is -0.485 e. The van der Waals surface area contributed by atoms with Gasteiger partial charge in [-0.3, -0.25) is 0 Å². The van der Waals surface area contributed by atoms with E-state index in [-0.39, 0.29) is 11.2 Å². The van der Waals surface area contributed by atoms with Gasteiger partial charge in [0.25, 0.3) is 0 Å². The zero-order chi connectivity index (χ0) is 15.4. The Labute approximate surface area is 134 Å². The van der Waals surface area contributed by atoms with Crippen LogP contribution in [-0.2, 0) is 11.2 Å². The Morgan fingerprint density at radius 1 is 1.32 bits per heavy atom. The van der Waals surface area contributed by atoms with E-state index in [0.717, 1.165) is 47.6 Å². The van der Waals surface area contributed by atoms with Gasteiger partial charge >= 0.3 is 0 Å². The van der Waals surface area contributed by atoms with Crippen molar-refractivity contribution in [3.05, 3.63) is 63.6 Å². The van der Waals surface area contributed by atoms with E-state index in [1.165, 1.54) is 11.3 Å². The SMILES string of the molecule is CNCC[C@@H](OC1=CCCc2cc(F)sc21)c1ccccc1. The Bertz CT molecular complexity index is 650. The summed E-state index contributed by atoms with van der Waals surface area (Å²) in [6.45, 7) is 0.874. The highest BCUT2D eigenvalue weighted by molar-refractivity contribution is 7.11. The molecule has 1 N–H and O–H groups in total. The summed E-state index contributed by atoms with van der Waals surface area (Å²) in [6.07, 6.45) is 4.76. The van der Waals surface area contributed by atoms with E-state index in [9.17, 15) is 4.39 Å². The fourth-order valence-electron chi connectivity index (χ4n) is 2.73. The van der Waals surface area contributed by atoms with Crippen LogP contribution in [-0.4, -0.2) is 13.6 Å². The van der Waals surface area contributed by atoms with Gasteiger partial charge in [0.15, 0.2) is 5.13 Å². The van der Waals surface area contributed by atoms with Crippen molar-refractivity contribution in [3.8, 4) is 0 Å². The molecule has 116 valence electrons. The second kappa shape index (κ2) is 7.07. The van der Waals surface area contributed by atoms with Crippen LogP contribution in [0.1, 0.15) is 34.9 Å². The van der Waals surface area contributed by atoms with Crippen molar-refractivity contribution < 1.29 is 9.13 Å². The summed E-state index contributed by atoms with van der Waals surface area (Å²) >= 11 is 1.18. The summed E-state index contributed by atoms with van der Waals surface area (Å²) in [4.78, 5) is 0.953. The molecule has 1 aliphatic carbocycles. The molecule has 1 atom stereocenters. The molecule has 2 aromatic rings. The molecule has 22 heavy (non-hydrogen) atoms. The molecule has 0 unspecified atom stereocenters. The zero-order valence-electron chi connectivity index (χ0n) is 12.6. The highest BCUT2D eigenvalue weighted by atomic mass is 32.1. The quantitative estimate of drug-likeness (QED) is 0.844. The van der Waals surface area contributed by atoms with E-state index < -0.39 is 0 Å². The van der Waals surface area contributed by atoms with Crippen molar-refractivity contribution in [3.63, 3.8) is 0 Å². The van der Waals surface area contributed by atoms with Gasteiger partial charge in [-0.1, -0.05) is 30.3 Å². The second-order valence-corrected chi connectivity index (χ2v) is 6.42. The largest absolute Gasteiger partial charge is 0.485 e. The molecule has 3 rings (SSSR count). The molecule has 0 saturated heterocycles. The Morgan fingerprint density at radius 2 is 2.14 bits per heavy atom. The maximum absolute atomic E-state index is 13.6. The summed E-state index contributed by atoms with van der Waals surface area (Å²) in [5.74, 6) is 0.833. The van der Waals surface area contributed by atoms with E-state index in [1.54, 1.807) is 6.07 Å². The number of thiophene rings is 1. The van der Waals surface area contributed by atoms with E-state index in [4.69, 9.17) is 4.74 Å². The number of halogens is 1. The Balaban J connectivity index is 1.82. The van der Waals surface area contributed by atoms with Crippen molar-refractivity contribution in [1.82, 2.24) is 5.32 Å². The third-order valence-electron chi connectivity index (χ3n) is 3.84. The number of ether oxygens (including phenoxy) is 1. The first-order chi connectivity index (χ1) is 10.8. The topological polar surface area (TPSA) is 21.3 Å². The first-order valence-electron chi connectivity index (χ1n) is 7.63. The van der Waals surface area contributed by atoms with Crippen LogP contribution in [0.4, 0.5) is 4.39 Å². The summed E-state index contributed by atoms with van der Waals surface area (Å²) in [7, 11) is 1.94. The van der Waals surface area contributed by atoms with Crippen LogP contribution >= 0.6 is 11.3 Å². The Hall–Kier alpha value is -1.65. The van der Waals surface area contributed by atoms with Crippen molar-refractivity contribution >= 4 is 17.1 Å². The number of fused-ring (bicyclic) bond motifs is 1. The fourth-order valence-corrected chi connectivity index (χ4v) is 3.65. The lowest BCUT2D eigenvalue weighted by molar-refractivity contribution is 0.159. The van der Waals surface area contributed by atoms with Crippen LogP contribution in [0.15, 0.2) is 42.5 Å². The van der Waals surface area contributed by atoms with Gasteiger partial charge in [-0.2, -0.15) is 4.39 Å². The first kappa shape index (κ1) is 15.3.